The van der Waals surface area contributed by atoms with Crippen LogP contribution in [-0.2, 0) is 14.8 Å². The first-order valence-electron chi connectivity index (χ1n) is 9.68. The Hall–Kier alpha value is -1.40. The van der Waals surface area contributed by atoms with Crippen molar-refractivity contribution in [3.05, 3.63) is 28.8 Å². The van der Waals surface area contributed by atoms with Crippen LogP contribution < -0.4 is 5.32 Å². The van der Waals surface area contributed by atoms with Crippen LogP contribution in [0.25, 0.3) is 0 Å². The molecule has 0 spiro atoms. The highest BCUT2D eigenvalue weighted by molar-refractivity contribution is 7.89. The zero-order chi connectivity index (χ0) is 18.9. The van der Waals surface area contributed by atoms with E-state index in [0.717, 1.165) is 61.6 Å². The number of carbonyl (C=O) groups excluding carboxylic acids is 1. The van der Waals surface area contributed by atoms with E-state index in [1.54, 1.807) is 0 Å². The van der Waals surface area contributed by atoms with Crippen molar-refractivity contribution in [1.29, 1.82) is 0 Å². The van der Waals surface area contributed by atoms with Crippen molar-refractivity contribution >= 4 is 15.9 Å². The third-order valence-corrected chi connectivity index (χ3v) is 7.60. The van der Waals surface area contributed by atoms with Gasteiger partial charge in [-0.25, -0.2) is 8.42 Å². The Morgan fingerprint density at radius 2 is 1.62 bits per heavy atom. The average molecular weight is 379 g/mol. The first-order chi connectivity index (χ1) is 12.3. The van der Waals surface area contributed by atoms with Crippen LogP contribution in [0.2, 0.25) is 0 Å². The number of sulfonamides is 1. The summed E-state index contributed by atoms with van der Waals surface area (Å²) in [6.07, 6.45) is 6.84. The normalized spacial score (nSPS) is 18.9. The van der Waals surface area contributed by atoms with Gasteiger partial charge in [-0.2, -0.15) is 4.31 Å². The van der Waals surface area contributed by atoms with Crippen LogP contribution in [0.3, 0.4) is 0 Å². The van der Waals surface area contributed by atoms with Crippen molar-refractivity contribution in [2.24, 2.45) is 0 Å². The van der Waals surface area contributed by atoms with Crippen molar-refractivity contribution < 1.29 is 13.2 Å². The molecule has 2 aliphatic carbocycles. The van der Waals surface area contributed by atoms with Crippen LogP contribution in [0.1, 0.15) is 61.6 Å². The third kappa shape index (κ3) is 4.29. The Bertz CT molecular complexity index is 755. The molecule has 0 saturated heterocycles. The van der Waals surface area contributed by atoms with E-state index in [1.165, 1.54) is 4.31 Å². The number of benzene rings is 1. The third-order valence-electron chi connectivity index (χ3n) is 5.40. The Kier molecular flexibility index (Phi) is 5.72. The highest BCUT2D eigenvalue weighted by Gasteiger charge is 2.36. The van der Waals surface area contributed by atoms with Gasteiger partial charge in [-0.15, -0.1) is 0 Å². The summed E-state index contributed by atoms with van der Waals surface area (Å²) in [5, 5.41) is 2.94. The second-order valence-corrected chi connectivity index (χ2v) is 9.74. The summed E-state index contributed by atoms with van der Waals surface area (Å²) in [7, 11) is -3.72. The van der Waals surface area contributed by atoms with Gasteiger partial charge >= 0.3 is 0 Å². The molecule has 0 radical (unpaired) electrons. The molecule has 1 aromatic carbocycles. The van der Waals surface area contributed by atoms with E-state index in [0.29, 0.717) is 4.90 Å². The van der Waals surface area contributed by atoms with E-state index in [9.17, 15) is 13.2 Å². The van der Waals surface area contributed by atoms with Gasteiger partial charge in [0.15, 0.2) is 0 Å². The number of aryl methyl sites for hydroxylation is 3. The summed E-state index contributed by atoms with van der Waals surface area (Å²) >= 11 is 0. The van der Waals surface area contributed by atoms with Crippen molar-refractivity contribution in [2.75, 3.05) is 6.54 Å². The van der Waals surface area contributed by atoms with Crippen molar-refractivity contribution in [3.63, 3.8) is 0 Å². The molecule has 2 aliphatic rings. The van der Waals surface area contributed by atoms with Gasteiger partial charge in [-0.1, -0.05) is 37.0 Å². The molecule has 6 heteroatoms. The Morgan fingerprint density at radius 3 is 2.15 bits per heavy atom. The van der Waals surface area contributed by atoms with Crippen molar-refractivity contribution in [3.8, 4) is 0 Å². The van der Waals surface area contributed by atoms with E-state index in [-0.39, 0.29) is 24.5 Å². The SMILES string of the molecule is Cc1cc(C)c(S(=O)(=O)N(CC(=O)NC2CC2)C2CCCCC2)c(C)c1. The van der Waals surface area contributed by atoms with Crippen LogP contribution in [0.15, 0.2) is 17.0 Å². The van der Waals surface area contributed by atoms with Crippen LogP contribution >= 0.6 is 0 Å². The quantitative estimate of drug-likeness (QED) is 0.826. The monoisotopic (exact) mass is 378 g/mol. The molecular weight excluding hydrogens is 348 g/mol. The maximum absolute atomic E-state index is 13.6. The van der Waals surface area contributed by atoms with E-state index in [2.05, 4.69) is 5.32 Å². The summed E-state index contributed by atoms with van der Waals surface area (Å²) < 4.78 is 28.6. The molecule has 1 amide bonds. The number of rotatable bonds is 6. The van der Waals surface area contributed by atoms with Crippen LogP contribution in [0.4, 0.5) is 0 Å². The molecule has 0 aromatic heterocycles. The second-order valence-electron chi connectivity index (χ2n) is 7.91. The average Bonchev–Trinajstić information content (AvgIpc) is 3.36. The number of hydrogen-bond donors (Lipinski definition) is 1. The lowest BCUT2D eigenvalue weighted by Crippen LogP contribution is -2.47. The molecule has 0 atom stereocenters. The van der Waals surface area contributed by atoms with Crippen molar-refractivity contribution in [2.45, 2.75) is 82.7 Å². The molecule has 0 bridgehead atoms. The minimum atomic E-state index is -3.72. The van der Waals surface area contributed by atoms with Crippen LogP contribution in [0.5, 0.6) is 0 Å². The maximum Gasteiger partial charge on any atom is 0.244 e. The zero-order valence-corrected chi connectivity index (χ0v) is 16.9. The van der Waals surface area contributed by atoms with Crippen molar-refractivity contribution in [1.82, 2.24) is 9.62 Å². The van der Waals surface area contributed by atoms with Gasteiger partial charge in [-0.3, -0.25) is 4.79 Å². The number of nitrogens with one attached hydrogen (secondary N) is 1. The smallest absolute Gasteiger partial charge is 0.244 e. The lowest BCUT2D eigenvalue weighted by Gasteiger charge is -2.33. The Morgan fingerprint density at radius 1 is 1.04 bits per heavy atom. The summed E-state index contributed by atoms with van der Waals surface area (Å²) in [6.45, 7) is 5.58. The maximum atomic E-state index is 13.6. The predicted octanol–water partition coefficient (Wildman–Crippen LogP) is 3.21. The molecule has 5 nitrogen and oxygen atoms in total. The van der Waals surface area contributed by atoms with E-state index in [4.69, 9.17) is 0 Å². The predicted molar refractivity (Wildman–Crippen MR) is 103 cm³/mol. The number of carbonyl (C=O) groups is 1. The summed E-state index contributed by atoms with van der Waals surface area (Å²) in [4.78, 5) is 12.8. The van der Waals surface area contributed by atoms with E-state index < -0.39 is 10.0 Å². The summed E-state index contributed by atoms with van der Waals surface area (Å²) in [6, 6.07) is 3.96. The number of nitrogens with zero attached hydrogens (tertiary/aromatic N) is 1. The molecule has 2 fully saturated rings. The lowest BCUT2D eigenvalue weighted by atomic mass is 9.95. The Labute approximate surface area is 157 Å². The summed E-state index contributed by atoms with van der Waals surface area (Å²) in [5.74, 6) is -0.177. The van der Waals surface area contributed by atoms with Gasteiger partial charge in [0.25, 0.3) is 0 Å². The largest absolute Gasteiger partial charge is 0.352 e. The number of hydrogen-bond acceptors (Lipinski definition) is 3. The molecule has 26 heavy (non-hydrogen) atoms. The minimum absolute atomic E-state index is 0.0732. The van der Waals surface area contributed by atoms with Gasteiger partial charge in [-0.05, 0) is 57.6 Å². The fraction of sp³-hybridized carbons (Fsp3) is 0.650. The second kappa shape index (κ2) is 7.69. The first kappa shape index (κ1) is 19.4. The lowest BCUT2D eigenvalue weighted by molar-refractivity contribution is -0.121. The topological polar surface area (TPSA) is 66.5 Å². The molecule has 1 N–H and O–H groups in total. The highest BCUT2D eigenvalue weighted by atomic mass is 32.2. The van der Waals surface area contributed by atoms with E-state index in [1.807, 2.05) is 32.9 Å². The fourth-order valence-corrected chi connectivity index (χ4v) is 6.17. The molecule has 0 unspecified atom stereocenters. The van der Waals surface area contributed by atoms with Gasteiger partial charge in [0.1, 0.15) is 0 Å². The van der Waals surface area contributed by atoms with Gasteiger partial charge in [0.2, 0.25) is 15.9 Å². The molecule has 2 saturated carbocycles. The van der Waals surface area contributed by atoms with E-state index >= 15 is 0 Å². The molecule has 0 aliphatic heterocycles. The molecule has 144 valence electrons. The molecular formula is C20H30N2O3S. The van der Waals surface area contributed by atoms with Gasteiger partial charge < -0.3 is 5.32 Å². The standard InChI is InChI=1S/C20H30N2O3S/c1-14-11-15(2)20(16(3)12-14)26(24,25)22(18-7-5-4-6-8-18)13-19(23)21-17-9-10-17/h11-12,17-18H,4-10,13H2,1-3H3,(H,21,23). The van der Waals surface area contributed by atoms with Crippen LogP contribution in [0, 0.1) is 20.8 Å². The molecule has 3 rings (SSSR count). The fourth-order valence-electron chi connectivity index (χ4n) is 4.11. The Balaban J connectivity index is 1.94. The summed E-state index contributed by atoms with van der Waals surface area (Å²) in [5.41, 5.74) is 2.56. The first-order valence-corrected chi connectivity index (χ1v) is 11.1. The molecule has 1 aromatic rings. The highest BCUT2D eigenvalue weighted by Crippen LogP contribution is 2.31. The molecule has 0 heterocycles. The zero-order valence-electron chi connectivity index (χ0n) is 16.0. The van der Waals surface area contributed by atoms with Crippen LogP contribution in [-0.4, -0.2) is 37.3 Å². The minimum Gasteiger partial charge on any atom is -0.352 e. The van der Waals surface area contributed by atoms with Gasteiger partial charge in [0, 0.05) is 12.1 Å². The number of amides is 1. The van der Waals surface area contributed by atoms with Gasteiger partial charge in [0.05, 0.1) is 11.4 Å².